The molecule has 1 aliphatic rings. The number of anilines is 2. The average molecular weight is 417 g/mol. The van der Waals surface area contributed by atoms with Crippen LogP contribution in [0.15, 0.2) is 72.9 Å². The van der Waals surface area contributed by atoms with Gasteiger partial charge in [0.15, 0.2) is 0 Å². The van der Waals surface area contributed by atoms with Crippen LogP contribution in [0.25, 0.3) is 11.3 Å². The van der Waals surface area contributed by atoms with Gasteiger partial charge in [0.1, 0.15) is 5.75 Å². The van der Waals surface area contributed by atoms with Crippen molar-refractivity contribution < 1.29 is 9.47 Å². The molecule has 0 saturated heterocycles. The van der Waals surface area contributed by atoms with Crippen LogP contribution in [0.2, 0.25) is 0 Å². The van der Waals surface area contributed by atoms with Crippen LogP contribution in [-0.2, 0) is 11.3 Å². The topological polar surface area (TPSA) is 59.5 Å². The molecule has 1 aromatic heterocycles. The lowest BCUT2D eigenvalue weighted by molar-refractivity contribution is 0.151. The Balaban J connectivity index is 1.63. The molecule has 2 aromatic carbocycles. The number of aromatic nitrogens is 2. The summed E-state index contributed by atoms with van der Waals surface area (Å²) in [5, 5.41) is 3.34. The summed E-state index contributed by atoms with van der Waals surface area (Å²) in [7, 11) is 1.74. The van der Waals surface area contributed by atoms with Gasteiger partial charge in [-0.15, -0.1) is 0 Å². The van der Waals surface area contributed by atoms with Crippen LogP contribution in [-0.4, -0.2) is 48.3 Å². The fraction of sp³-hybridized carbons (Fsp3) is 0.280. The lowest BCUT2D eigenvalue weighted by atomic mass is 10.1. The van der Waals surface area contributed by atoms with Gasteiger partial charge >= 0.3 is 0 Å². The maximum Gasteiger partial charge on any atom is 0.227 e. The first-order chi connectivity index (χ1) is 15.3. The SMILES string of the molecule is COCCN1C/C=C/CCOc2cccc(c2)-c2ccnc(n2)Nc2cccc(c2)C1. The van der Waals surface area contributed by atoms with Crippen LogP contribution in [0.1, 0.15) is 12.0 Å². The highest BCUT2D eigenvalue weighted by Crippen LogP contribution is 2.24. The summed E-state index contributed by atoms with van der Waals surface area (Å²) in [6.45, 7) is 3.91. The Labute approximate surface area is 183 Å². The smallest absolute Gasteiger partial charge is 0.227 e. The average Bonchev–Trinajstić information content (AvgIpc) is 2.79. The van der Waals surface area contributed by atoms with Crippen LogP contribution in [0.4, 0.5) is 11.6 Å². The molecule has 4 rings (SSSR count). The van der Waals surface area contributed by atoms with E-state index in [1.807, 2.05) is 36.4 Å². The van der Waals surface area contributed by atoms with Crippen molar-refractivity contribution in [2.45, 2.75) is 13.0 Å². The second-order valence-electron chi connectivity index (χ2n) is 7.46. The van der Waals surface area contributed by atoms with Gasteiger partial charge in [0, 0.05) is 44.2 Å². The zero-order chi connectivity index (χ0) is 21.3. The summed E-state index contributed by atoms with van der Waals surface area (Å²) < 4.78 is 11.2. The van der Waals surface area contributed by atoms with Gasteiger partial charge in [0.05, 0.1) is 18.9 Å². The number of ether oxygens (including phenoxy) is 2. The molecule has 1 N–H and O–H groups in total. The number of hydrogen-bond donors (Lipinski definition) is 1. The van der Waals surface area contributed by atoms with E-state index in [1.54, 1.807) is 13.3 Å². The molecule has 0 fully saturated rings. The largest absolute Gasteiger partial charge is 0.493 e. The molecule has 3 aromatic rings. The van der Waals surface area contributed by atoms with Gasteiger partial charge in [-0.25, -0.2) is 9.97 Å². The van der Waals surface area contributed by atoms with E-state index in [-0.39, 0.29) is 0 Å². The maximum absolute atomic E-state index is 5.94. The molecule has 0 radical (unpaired) electrons. The normalized spacial score (nSPS) is 15.8. The molecule has 1 aliphatic heterocycles. The molecule has 0 unspecified atom stereocenters. The van der Waals surface area contributed by atoms with Crippen molar-refractivity contribution in [2.75, 3.05) is 38.7 Å². The molecule has 0 saturated carbocycles. The van der Waals surface area contributed by atoms with E-state index in [1.165, 1.54) is 5.56 Å². The predicted octanol–water partition coefficient (Wildman–Crippen LogP) is 4.67. The molecule has 0 aliphatic carbocycles. The Bertz CT molecular complexity index is 1020. The minimum atomic E-state index is 0.571. The van der Waals surface area contributed by atoms with Gasteiger partial charge in [0.25, 0.3) is 0 Å². The highest BCUT2D eigenvalue weighted by molar-refractivity contribution is 5.63. The highest BCUT2D eigenvalue weighted by Gasteiger charge is 2.08. The first-order valence-corrected chi connectivity index (χ1v) is 10.6. The fourth-order valence-electron chi connectivity index (χ4n) is 3.50. The maximum atomic E-state index is 5.94. The van der Waals surface area contributed by atoms with Crippen molar-refractivity contribution in [1.29, 1.82) is 0 Å². The zero-order valence-electron chi connectivity index (χ0n) is 17.8. The molecule has 2 heterocycles. The first kappa shape index (κ1) is 21.0. The Morgan fingerprint density at radius 1 is 1.10 bits per heavy atom. The number of fused-ring (bicyclic) bond motifs is 7. The van der Waals surface area contributed by atoms with Crippen LogP contribution < -0.4 is 10.1 Å². The van der Waals surface area contributed by atoms with E-state index < -0.39 is 0 Å². The summed E-state index contributed by atoms with van der Waals surface area (Å²) in [5.41, 5.74) is 4.05. The number of benzene rings is 2. The number of nitrogens with zero attached hydrogens (tertiary/aromatic N) is 3. The van der Waals surface area contributed by atoms with E-state index in [0.29, 0.717) is 19.2 Å². The Kier molecular flexibility index (Phi) is 7.26. The molecular weight excluding hydrogens is 388 g/mol. The van der Waals surface area contributed by atoms with Gasteiger partial charge < -0.3 is 14.8 Å². The molecule has 0 spiro atoms. The van der Waals surface area contributed by atoms with E-state index in [2.05, 4.69) is 45.6 Å². The quantitative estimate of drug-likeness (QED) is 0.626. The Morgan fingerprint density at radius 3 is 2.97 bits per heavy atom. The summed E-state index contributed by atoms with van der Waals surface area (Å²) >= 11 is 0. The molecule has 0 amide bonds. The van der Waals surface area contributed by atoms with Crippen molar-refractivity contribution in [3.63, 3.8) is 0 Å². The van der Waals surface area contributed by atoms with E-state index in [9.17, 15) is 0 Å². The zero-order valence-corrected chi connectivity index (χ0v) is 17.8. The van der Waals surface area contributed by atoms with E-state index >= 15 is 0 Å². The summed E-state index contributed by atoms with van der Waals surface area (Å²) in [6, 6.07) is 18.3. The van der Waals surface area contributed by atoms with Gasteiger partial charge in [-0.05, 0) is 42.3 Å². The van der Waals surface area contributed by atoms with Crippen LogP contribution in [0, 0.1) is 0 Å². The standard InChI is InChI=1S/C25H28N4O2/c1-30-16-14-29-13-3-2-4-15-31-23-10-6-8-21(18-23)24-11-12-26-25(28-24)27-22-9-5-7-20(17-22)19-29/h2-3,5-12,17-18H,4,13-16,19H2,1H3,(H,26,27,28)/b3-2+. The predicted molar refractivity (Wildman–Crippen MR) is 124 cm³/mol. The number of nitrogens with one attached hydrogen (secondary N) is 1. The second kappa shape index (κ2) is 10.7. The molecule has 6 heteroatoms. The third-order valence-electron chi connectivity index (χ3n) is 5.07. The number of rotatable bonds is 3. The van der Waals surface area contributed by atoms with Gasteiger partial charge in [-0.1, -0.05) is 36.4 Å². The van der Waals surface area contributed by atoms with Gasteiger partial charge in [-0.3, -0.25) is 4.90 Å². The van der Waals surface area contributed by atoms with E-state index in [4.69, 9.17) is 14.5 Å². The molecule has 0 atom stereocenters. The summed E-state index contributed by atoms with van der Waals surface area (Å²) in [4.78, 5) is 11.5. The second-order valence-corrected chi connectivity index (χ2v) is 7.46. The monoisotopic (exact) mass is 416 g/mol. The minimum absolute atomic E-state index is 0.571. The molecule has 6 nitrogen and oxygen atoms in total. The highest BCUT2D eigenvalue weighted by atomic mass is 16.5. The van der Waals surface area contributed by atoms with Gasteiger partial charge in [-0.2, -0.15) is 0 Å². The molecule has 160 valence electrons. The van der Waals surface area contributed by atoms with Crippen molar-refractivity contribution in [1.82, 2.24) is 14.9 Å². The van der Waals surface area contributed by atoms with E-state index in [0.717, 1.165) is 48.7 Å². The lowest BCUT2D eigenvalue weighted by Crippen LogP contribution is -2.27. The molecule has 6 bridgehead atoms. The van der Waals surface area contributed by atoms with Crippen LogP contribution in [0.5, 0.6) is 5.75 Å². The Morgan fingerprint density at radius 2 is 2.03 bits per heavy atom. The third-order valence-corrected chi connectivity index (χ3v) is 5.07. The van der Waals surface area contributed by atoms with Crippen LogP contribution >= 0.6 is 0 Å². The Hall–Kier alpha value is -3.22. The van der Waals surface area contributed by atoms with Crippen molar-refractivity contribution in [3.05, 3.63) is 78.5 Å². The fourth-order valence-corrected chi connectivity index (χ4v) is 3.50. The van der Waals surface area contributed by atoms with Crippen molar-refractivity contribution in [3.8, 4) is 17.0 Å². The van der Waals surface area contributed by atoms with Crippen LogP contribution in [0.3, 0.4) is 0 Å². The third kappa shape index (κ3) is 6.13. The number of hydrogen-bond acceptors (Lipinski definition) is 6. The lowest BCUT2D eigenvalue weighted by Gasteiger charge is -2.21. The van der Waals surface area contributed by atoms with Crippen molar-refractivity contribution in [2.24, 2.45) is 0 Å². The minimum Gasteiger partial charge on any atom is -0.493 e. The molecule has 31 heavy (non-hydrogen) atoms. The van der Waals surface area contributed by atoms with Crippen molar-refractivity contribution >= 4 is 11.6 Å². The molecular formula is C25H28N4O2. The number of methoxy groups -OCH3 is 1. The summed E-state index contributed by atoms with van der Waals surface area (Å²) in [5.74, 6) is 1.41. The first-order valence-electron chi connectivity index (χ1n) is 10.6. The summed E-state index contributed by atoms with van der Waals surface area (Å²) in [6.07, 6.45) is 7.03. The van der Waals surface area contributed by atoms with Gasteiger partial charge in [0.2, 0.25) is 5.95 Å².